The summed E-state index contributed by atoms with van der Waals surface area (Å²) < 4.78 is 1.40. The molecule has 1 fully saturated rings. The summed E-state index contributed by atoms with van der Waals surface area (Å²) in [7, 11) is 0. The molecule has 27 heavy (non-hydrogen) atoms. The summed E-state index contributed by atoms with van der Waals surface area (Å²) >= 11 is 3.04. The Morgan fingerprint density at radius 1 is 1.37 bits per heavy atom. The van der Waals surface area contributed by atoms with Gasteiger partial charge in [-0.1, -0.05) is 12.5 Å². The zero-order valence-electron chi connectivity index (χ0n) is 14.6. The van der Waals surface area contributed by atoms with Crippen molar-refractivity contribution in [2.45, 2.75) is 31.8 Å². The number of rotatable bonds is 5. The van der Waals surface area contributed by atoms with E-state index in [9.17, 15) is 9.59 Å². The van der Waals surface area contributed by atoms with Crippen molar-refractivity contribution in [2.24, 2.45) is 11.7 Å². The van der Waals surface area contributed by atoms with Crippen LogP contribution in [0.3, 0.4) is 0 Å². The molecule has 3 aromatic heterocycles. The first-order valence-electron chi connectivity index (χ1n) is 8.67. The van der Waals surface area contributed by atoms with Crippen LogP contribution >= 0.6 is 35.1 Å². The first-order valence-corrected chi connectivity index (χ1v) is 10.4. The first kappa shape index (κ1) is 20.0. The number of nitrogens with zero attached hydrogens (tertiary/aromatic N) is 2. The number of thiophene rings is 2. The number of nitrogens with one attached hydrogen (secondary N) is 1. The second-order valence-electron chi connectivity index (χ2n) is 6.59. The van der Waals surface area contributed by atoms with Crippen LogP contribution in [-0.2, 0) is 11.3 Å². The van der Waals surface area contributed by atoms with Crippen LogP contribution in [0.2, 0.25) is 0 Å². The minimum absolute atomic E-state index is 0. The van der Waals surface area contributed by atoms with Crippen LogP contribution in [0.15, 0.2) is 34.0 Å². The van der Waals surface area contributed by atoms with E-state index in [1.165, 1.54) is 22.2 Å². The van der Waals surface area contributed by atoms with Gasteiger partial charge in [-0.05, 0) is 36.8 Å². The third-order valence-corrected chi connectivity index (χ3v) is 6.76. The monoisotopic (exact) mass is 424 g/mol. The normalized spacial score (nSPS) is 19.1. The molecule has 0 radical (unpaired) electrons. The molecule has 2 atom stereocenters. The fraction of sp³-hybridized carbons (Fsp3) is 0.389. The highest BCUT2D eigenvalue weighted by molar-refractivity contribution is 7.18. The Labute approximate surface area is 170 Å². The van der Waals surface area contributed by atoms with Gasteiger partial charge in [0.25, 0.3) is 5.56 Å². The molecule has 0 aliphatic heterocycles. The zero-order valence-corrected chi connectivity index (χ0v) is 17.0. The lowest BCUT2D eigenvalue weighted by Gasteiger charge is -2.19. The van der Waals surface area contributed by atoms with Gasteiger partial charge < -0.3 is 11.1 Å². The molecule has 9 heteroatoms. The Kier molecular flexibility index (Phi) is 6.31. The summed E-state index contributed by atoms with van der Waals surface area (Å²) in [5, 5.41) is 7.57. The molecule has 1 aliphatic carbocycles. The maximum atomic E-state index is 12.9. The lowest BCUT2D eigenvalue weighted by Crippen LogP contribution is -2.42. The number of amides is 1. The van der Waals surface area contributed by atoms with Crippen molar-refractivity contribution in [3.8, 4) is 10.4 Å². The van der Waals surface area contributed by atoms with E-state index in [4.69, 9.17) is 5.73 Å². The second kappa shape index (κ2) is 8.52. The van der Waals surface area contributed by atoms with E-state index in [2.05, 4.69) is 10.3 Å². The smallest absolute Gasteiger partial charge is 0.263 e. The van der Waals surface area contributed by atoms with E-state index >= 15 is 0 Å². The van der Waals surface area contributed by atoms with Gasteiger partial charge in [-0.2, -0.15) is 0 Å². The van der Waals surface area contributed by atoms with Crippen LogP contribution in [0, 0.1) is 5.92 Å². The quantitative estimate of drug-likeness (QED) is 0.658. The van der Waals surface area contributed by atoms with Crippen molar-refractivity contribution in [3.63, 3.8) is 0 Å². The fourth-order valence-electron chi connectivity index (χ4n) is 3.61. The van der Waals surface area contributed by atoms with Crippen molar-refractivity contribution in [3.05, 3.63) is 39.6 Å². The molecule has 0 spiro atoms. The predicted molar refractivity (Wildman–Crippen MR) is 113 cm³/mol. The van der Waals surface area contributed by atoms with E-state index in [0.717, 1.165) is 29.7 Å². The summed E-state index contributed by atoms with van der Waals surface area (Å²) in [4.78, 5) is 31.5. The molecule has 144 valence electrons. The van der Waals surface area contributed by atoms with Gasteiger partial charge in [0.1, 0.15) is 11.4 Å². The predicted octanol–water partition coefficient (Wildman–Crippen LogP) is 2.85. The molecular formula is C18H21ClN4O2S2. The van der Waals surface area contributed by atoms with E-state index in [0.29, 0.717) is 22.7 Å². The Bertz CT molecular complexity index is 983. The Hall–Kier alpha value is -1.74. The number of hydrogen-bond donors (Lipinski definition) is 2. The molecule has 0 bridgehead atoms. The van der Waals surface area contributed by atoms with Crippen molar-refractivity contribution < 1.29 is 4.79 Å². The molecule has 1 aliphatic rings. The minimum Gasteiger partial charge on any atom is -0.351 e. The average Bonchev–Trinajstić information content (AvgIpc) is 3.36. The molecule has 4 rings (SSSR count). The van der Waals surface area contributed by atoms with Gasteiger partial charge in [0.15, 0.2) is 0 Å². The molecular weight excluding hydrogens is 404 g/mol. The van der Waals surface area contributed by atoms with Gasteiger partial charge in [-0.25, -0.2) is 4.98 Å². The number of hydrogen-bond acceptors (Lipinski definition) is 6. The van der Waals surface area contributed by atoms with Gasteiger partial charge >= 0.3 is 0 Å². The van der Waals surface area contributed by atoms with E-state index < -0.39 is 0 Å². The topological polar surface area (TPSA) is 90.0 Å². The van der Waals surface area contributed by atoms with Crippen molar-refractivity contribution in [2.75, 3.05) is 6.54 Å². The van der Waals surface area contributed by atoms with Crippen LogP contribution in [0.5, 0.6) is 0 Å². The lowest BCUT2D eigenvalue weighted by molar-refractivity contribution is -0.122. The second-order valence-corrected chi connectivity index (χ2v) is 8.39. The Morgan fingerprint density at radius 3 is 2.96 bits per heavy atom. The Morgan fingerprint density at radius 2 is 2.22 bits per heavy atom. The number of halogens is 1. The van der Waals surface area contributed by atoms with Crippen LogP contribution in [0.25, 0.3) is 20.7 Å². The van der Waals surface area contributed by atoms with Crippen LogP contribution < -0.4 is 16.6 Å². The highest BCUT2D eigenvalue weighted by Gasteiger charge is 2.27. The van der Waals surface area contributed by atoms with Crippen LogP contribution in [0.4, 0.5) is 0 Å². The number of fused-ring (bicyclic) bond motifs is 1. The molecule has 3 heterocycles. The molecule has 2 unspecified atom stereocenters. The van der Waals surface area contributed by atoms with Gasteiger partial charge in [-0.3, -0.25) is 14.2 Å². The fourth-order valence-corrected chi connectivity index (χ4v) is 5.33. The average molecular weight is 425 g/mol. The number of carbonyl (C=O) groups is 1. The highest BCUT2D eigenvalue weighted by Crippen LogP contribution is 2.33. The molecule has 1 saturated carbocycles. The lowest BCUT2D eigenvalue weighted by atomic mass is 10.0. The Balaban J connectivity index is 0.00000210. The zero-order chi connectivity index (χ0) is 18.1. The minimum atomic E-state index is -0.170. The summed E-state index contributed by atoms with van der Waals surface area (Å²) in [6, 6.07) is 4.06. The molecule has 3 aromatic rings. The van der Waals surface area contributed by atoms with Crippen molar-refractivity contribution in [1.29, 1.82) is 0 Å². The van der Waals surface area contributed by atoms with Crippen molar-refractivity contribution in [1.82, 2.24) is 14.9 Å². The number of carbonyl (C=O) groups excluding carboxylic acids is 1. The standard InChI is InChI=1S/C18H20N4O2S2.ClH/c19-7-11-3-1-4-13(11)21-15(23)8-22-10-20-17-16(18(22)24)12(9-26-17)14-5-2-6-25-14;/h2,5-6,9-11,13H,1,3-4,7-8,19H2,(H,21,23);1H. The van der Waals surface area contributed by atoms with Gasteiger partial charge in [-0.15, -0.1) is 35.1 Å². The SMILES string of the molecule is Cl.NCC1CCCC1NC(=O)Cn1cnc2scc(-c3cccs3)c2c1=O. The van der Waals surface area contributed by atoms with E-state index in [1.54, 1.807) is 11.3 Å². The van der Waals surface area contributed by atoms with Gasteiger partial charge in [0.2, 0.25) is 5.91 Å². The molecule has 3 N–H and O–H groups in total. The first-order chi connectivity index (χ1) is 12.7. The highest BCUT2D eigenvalue weighted by atomic mass is 35.5. The van der Waals surface area contributed by atoms with Crippen LogP contribution in [0.1, 0.15) is 19.3 Å². The maximum Gasteiger partial charge on any atom is 0.263 e. The molecule has 1 amide bonds. The van der Waals surface area contributed by atoms with E-state index in [1.807, 2.05) is 22.9 Å². The molecule has 6 nitrogen and oxygen atoms in total. The maximum absolute atomic E-state index is 12.9. The summed E-state index contributed by atoms with van der Waals surface area (Å²) in [6.45, 7) is 0.562. The van der Waals surface area contributed by atoms with E-state index in [-0.39, 0.29) is 36.5 Å². The molecule has 0 saturated heterocycles. The largest absolute Gasteiger partial charge is 0.351 e. The number of aromatic nitrogens is 2. The van der Waals surface area contributed by atoms with Crippen molar-refractivity contribution >= 4 is 51.2 Å². The molecule has 0 aromatic carbocycles. The number of nitrogens with two attached hydrogens (primary N) is 1. The van der Waals surface area contributed by atoms with Gasteiger partial charge in [0, 0.05) is 21.9 Å². The third kappa shape index (κ3) is 3.94. The third-order valence-electron chi connectivity index (χ3n) is 4.97. The van der Waals surface area contributed by atoms with Crippen LogP contribution in [-0.4, -0.2) is 28.0 Å². The summed E-state index contributed by atoms with van der Waals surface area (Å²) in [5.41, 5.74) is 6.50. The summed E-state index contributed by atoms with van der Waals surface area (Å²) in [5.74, 6) is 0.171. The summed E-state index contributed by atoms with van der Waals surface area (Å²) in [6.07, 6.45) is 4.55. The van der Waals surface area contributed by atoms with Gasteiger partial charge in [0.05, 0.1) is 11.7 Å².